The molecule has 0 aliphatic carbocycles. The second-order valence-corrected chi connectivity index (χ2v) is 5.65. The maximum atomic E-state index is 11.8. The Morgan fingerprint density at radius 3 is 2.36 bits per heavy atom. The zero-order valence-electron chi connectivity index (χ0n) is 14.5. The van der Waals surface area contributed by atoms with Crippen molar-refractivity contribution in [1.29, 1.82) is 0 Å². The molecule has 0 heterocycles. The highest BCUT2D eigenvalue weighted by molar-refractivity contribution is 5.83. The summed E-state index contributed by atoms with van der Waals surface area (Å²) in [7, 11) is 1.59. The molecule has 0 aromatic heterocycles. The zero-order valence-corrected chi connectivity index (χ0v) is 14.5. The molecule has 0 bridgehead atoms. The normalized spacial score (nSPS) is 10.0. The largest absolute Gasteiger partial charge is 0.497 e. The highest BCUT2D eigenvalue weighted by Crippen LogP contribution is 2.11. The SMILES string of the molecule is COc1cccc(CNC(=O)CNC(=O)NCc2ccc(C)cc2)c1. The molecule has 2 aromatic carbocycles. The number of ether oxygens (including phenoxy) is 1. The van der Waals surface area contributed by atoms with Crippen LogP contribution in [0.2, 0.25) is 0 Å². The molecule has 0 aliphatic rings. The fraction of sp³-hybridized carbons (Fsp3) is 0.263. The number of urea groups is 1. The van der Waals surface area contributed by atoms with Crippen LogP contribution in [0.25, 0.3) is 0 Å². The van der Waals surface area contributed by atoms with Gasteiger partial charge in [0.15, 0.2) is 0 Å². The van der Waals surface area contributed by atoms with Gasteiger partial charge in [-0.3, -0.25) is 4.79 Å². The maximum Gasteiger partial charge on any atom is 0.315 e. The van der Waals surface area contributed by atoms with Gasteiger partial charge in [-0.2, -0.15) is 0 Å². The van der Waals surface area contributed by atoms with Gasteiger partial charge in [0.05, 0.1) is 13.7 Å². The van der Waals surface area contributed by atoms with E-state index in [1.807, 2.05) is 55.5 Å². The summed E-state index contributed by atoms with van der Waals surface area (Å²) in [6, 6.07) is 14.9. The van der Waals surface area contributed by atoms with Crippen molar-refractivity contribution in [3.05, 3.63) is 65.2 Å². The van der Waals surface area contributed by atoms with Crippen LogP contribution < -0.4 is 20.7 Å². The van der Waals surface area contributed by atoms with Crippen LogP contribution in [0.3, 0.4) is 0 Å². The van der Waals surface area contributed by atoms with Crippen LogP contribution in [-0.4, -0.2) is 25.6 Å². The van der Waals surface area contributed by atoms with Gasteiger partial charge in [-0.15, -0.1) is 0 Å². The lowest BCUT2D eigenvalue weighted by Gasteiger charge is -2.09. The molecule has 3 N–H and O–H groups in total. The number of methoxy groups -OCH3 is 1. The predicted molar refractivity (Wildman–Crippen MR) is 96.3 cm³/mol. The number of benzene rings is 2. The molecular formula is C19H23N3O3. The van der Waals surface area contributed by atoms with Crippen molar-refractivity contribution in [2.45, 2.75) is 20.0 Å². The molecule has 0 saturated carbocycles. The zero-order chi connectivity index (χ0) is 18.1. The number of amides is 3. The number of hydrogen-bond acceptors (Lipinski definition) is 3. The van der Waals surface area contributed by atoms with Crippen molar-refractivity contribution in [2.75, 3.05) is 13.7 Å². The van der Waals surface area contributed by atoms with Gasteiger partial charge in [0.25, 0.3) is 0 Å². The van der Waals surface area contributed by atoms with E-state index in [9.17, 15) is 9.59 Å². The molecule has 6 heteroatoms. The predicted octanol–water partition coefficient (Wildman–Crippen LogP) is 2.12. The number of aryl methyl sites for hydroxylation is 1. The fourth-order valence-corrected chi connectivity index (χ4v) is 2.16. The van der Waals surface area contributed by atoms with Gasteiger partial charge in [0.2, 0.25) is 5.91 Å². The number of carbonyl (C=O) groups is 2. The molecule has 25 heavy (non-hydrogen) atoms. The van der Waals surface area contributed by atoms with Crippen LogP contribution in [0.4, 0.5) is 4.79 Å². The summed E-state index contributed by atoms with van der Waals surface area (Å²) in [5.41, 5.74) is 3.10. The molecule has 0 spiro atoms. The highest BCUT2D eigenvalue weighted by atomic mass is 16.5. The minimum atomic E-state index is -0.378. The van der Waals surface area contributed by atoms with Gasteiger partial charge in [-0.1, -0.05) is 42.0 Å². The average Bonchev–Trinajstić information content (AvgIpc) is 2.64. The van der Waals surface area contributed by atoms with Gasteiger partial charge < -0.3 is 20.7 Å². The van der Waals surface area contributed by atoms with E-state index in [1.54, 1.807) is 7.11 Å². The summed E-state index contributed by atoms with van der Waals surface area (Å²) in [4.78, 5) is 23.5. The first-order chi connectivity index (χ1) is 12.1. The van der Waals surface area contributed by atoms with E-state index in [4.69, 9.17) is 4.74 Å². The molecule has 2 rings (SSSR count). The number of hydrogen-bond donors (Lipinski definition) is 3. The lowest BCUT2D eigenvalue weighted by atomic mass is 10.1. The summed E-state index contributed by atoms with van der Waals surface area (Å²) in [6.07, 6.45) is 0. The van der Waals surface area contributed by atoms with Crippen molar-refractivity contribution in [3.8, 4) is 5.75 Å². The van der Waals surface area contributed by atoms with E-state index in [0.29, 0.717) is 13.1 Å². The van der Waals surface area contributed by atoms with Crippen LogP contribution in [-0.2, 0) is 17.9 Å². The van der Waals surface area contributed by atoms with Crippen molar-refractivity contribution in [3.63, 3.8) is 0 Å². The first-order valence-corrected chi connectivity index (χ1v) is 8.03. The Balaban J connectivity index is 1.66. The van der Waals surface area contributed by atoms with E-state index in [2.05, 4.69) is 16.0 Å². The van der Waals surface area contributed by atoms with E-state index in [1.165, 1.54) is 5.56 Å². The average molecular weight is 341 g/mol. The first kappa shape index (κ1) is 18.3. The smallest absolute Gasteiger partial charge is 0.315 e. The third-order valence-electron chi connectivity index (χ3n) is 3.61. The number of carbonyl (C=O) groups excluding carboxylic acids is 2. The molecule has 2 aromatic rings. The van der Waals surface area contributed by atoms with Gasteiger partial charge in [0.1, 0.15) is 5.75 Å². The monoisotopic (exact) mass is 341 g/mol. The molecule has 0 unspecified atom stereocenters. The van der Waals surface area contributed by atoms with Crippen LogP contribution >= 0.6 is 0 Å². The number of rotatable bonds is 7. The minimum absolute atomic E-state index is 0.0797. The summed E-state index contributed by atoms with van der Waals surface area (Å²) in [5, 5.41) is 8.00. The lowest BCUT2D eigenvalue weighted by molar-refractivity contribution is -0.120. The molecule has 0 atom stereocenters. The second kappa shape index (κ2) is 9.32. The quantitative estimate of drug-likeness (QED) is 0.722. The Kier molecular flexibility index (Phi) is 6.83. The van der Waals surface area contributed by atoms with Crippen LogP contribution in [0.1, 0.15) is 16.7 Å². The molecule has 6 nitrogen and oxygen atoms in total. The maximum absolute atomic E-state index is 11.8. The standard InChI is InChI=1S/C19H23N3O3/c1-14-6-8-15(9-7-14)11-21-19(24)22-13-18(23)20-12-16-4-3-5-17(10-16)25-2/h3-10H,11-13H2,1-2H3,(H,20,23)(H2,21,22,24). The molecule has 0 saturated heterocycles. The molecule has 132 valence electrons. The first-order valence-electron chi connectivity index (χ1n) is 8.03. The Bertz CT molecular complexity index is 714. The summed E-state index contributed by atoms with van der Waals surface area (Å²) in [6.45, 7) is 2.72. The van der Waals surface area contributed by atoms with Gasteiger partial charge in [-0.05, 0) is 30.2 Å². The Morgan fingerprint density at radius 2 is 1.64 bits per heavy atom. The third-order valence-corrected chi connectivity index (χ3v) is 3.61. The Morgan fingerprint density at radius 1 is 0.920 bits per heavy atom. The number of nitrogens with one attached hydrogen (secondary N) is 3. The van der Waals surface area contributed by atoms with Crippen molar-refractivity contribution in [2.24, 2.45) is 0 Å². The van der Waals surface area contributed by atoms with Crippen molar-refractivity contribution in [1.82, 2.24) is 16.0 Å². The van der Waals surface area contributed by atoms with E-state index in [0.717, 1.165) is 16.9 Å². The highest BCUT2D eigenvalue weighted by Gasteiger charge is 2.05. The van der Waals surface area contributed by atoms with Crippen LogP contribution in [0.15, 0.2) is 48.5 Å². The van der Waals surface area contributed by atoms with E-state index in [-0.39, 0.29) is 18.5 Å². The minimum Gasteiger partial charge on any atom is -0.497 e. The molecule has 0 fully saturated rings. The molecule has 0 radical (unpaired) electrons. The van der Waals surface area contributed by atoms with Crippen molar-refractivity contribution >= 4 is 11.9 Å². The summed E-state index contributed by atoms with van der Waals surface area (Å²) in [5.74, 6) is 0.480. The topological polar surface area (TPSA) is 79.5 Å². The summed E-state index contributed by atoms with van der Waals surface area (Å²) < 4.78 is 5.13. The third kappa shape index (κ3) is 6.55. The summed E-state index contributed by atoms with van der Waals surface area (Å²) >= 11 is 0. The Hall–Kier alpha value is -3.02. The molecule has 3 amide bonds. The van der Waals surface area contributed by atoms with Crippen molar-refractivity contribution < 1.29 is 14.3 Å². The fourth-order valence-electron chi connectivity index (χ4n) is 2.16. The van der Waals surface area contributed by atoms with E-state index >= 15 is 0 Å². The Labute approximate surface area is 147 Å². The van der Waals surface area contributed by atoms with Gasteiger partial charge in [-0.25, -0.2) is 4.79 Å². The molecular weight excluding hydrogens is 318 g/mol. The van der Waals surface area contributed by atoms with Crippen LogP contribution in [0, 0.1) is 6.92 Å². The second-order valence-electron chi connectivity index (χ2n) is 5.65. The lowest BCUT2D eigenvalue weighted by Crippen LogP contribution is -2.41. The van der Waals surface area contributed by atoms with Gasteiger partial charge in [0, 0.05) is 13.1 Å². The van der Waals surface area contributed by atoms with Crippen LogP contribution in [0.5, 0.6) is 5.75 Å². The molecule has 0 aliphatic heterocycles. The van der Waals surface area contributed by atoms with E-state index < -0.39 is 0 Å². The van der Waals surface area contributed by atoms with Gasteiger partial charge >= 0.3 is 6.03 Å².